The molecule has 0 bridgehead atoms. The largest absolute Gasteiger partial charge is 0.444 e. The van der Waals surface area contributed by atoms with Gasteiger partial charge in [0.1, 0.15) is 5.82 Å². The average molecular weight is 420 g/mol. The predicted molar refractivity (Wildman–Crippen MR) is 111 cm³/mol. The van der Waals surface area contributed by atoms with Gasteiger partial charge in [-0.3, -0.25) is 10.3 Å². The zero-order chi connectivity index (χ0) is 20.2. The molecule has 3 heterocycles. The summed E-state index contributed by atoms with van der Waals surface area (Å²) in [5, 5.41) is 5.40. The highest BCUT2D eigenvalue weighted by molar-refractivity contribution is 8.13. The number of aryl methyl sites for hydroxylation is 1. The van der Waals surface area contributed by atoms with Gasteiger partial charge in [-0.2, -0.15) is 5.10 Å². The number of amidine groups is 1. The topological polar surface area (TPSA) is 66.1 Å². The summed E-state index contributed by atoms with van der Waals surface area (Å²) in [7, 11) is 2.01. The number of nitrogens with one attached hydrogen (secondary N) is 1. The van der Waals surface area contributed by atoms with E-state index in [-0.39, 0.29) is 18.1 Å². The fourth-order valence-electron chi connectivity index (χ4n) is 3.57. The molecule has 1 saturated heterocycles. The summed E-state index contributed by atoms with van der Waals surface area (Å²) in [5.74, 6) is 1.56. The normalized spacial score (nSPS) is 22.6. The summed E-state index contributed by atoms with van der Waals surface area (Å²) in [6.45, 7) is 5.40. The number of benzene rings is 1. The first-order chi connectivity index (χ1) is 14.1. The highest BCUT2D eigenvalue weighted by Gasteiger charge is 2.30. The summed E-state index contributed by atoms with van der Waals surface area (Å²) >= 11 is 1.74. The highest BCUT2D eigenvalue weighted by atomic mass is 32.2. The molecule has 1 N–H and O–H groups in total. The second-order valence-electron chi connectivity index (χ2n) is 7.25. The Labute approximate surface area is 174 Å². The van der Waals surface area contributed by atoms with Gasteiger partial charge in [-0.1, -0.05) is 23.9 Å². The number of oxazole rings is 1. The maximum Gasteiger partial charge on any atom is 0.184 e. The molecule has 2 aromatic rings. The molecule has 4 rings (SSSR count). The summed E-state index contributed by atoms with van der Waals surface area (Å²) in [5.41, 5.74) is 5.03. The van der Waals surface area contributed by atoms with Crippen molar-refractivity contribution in [2.45, 2.75) is 25.6 Å². The highest BCUT2D eigenvalue weighted by Crippen LogP contribution is 2.27. The molecular weight excluding hydrogens is 393 g/mol. The molecule has 1 fully saturated rings. The zero-order valence-corrected chi connectivity index (χ0v) is 17.5. The number of hydrogen-bond donors (Lipinski definition) is 1. The van der Waals surface area contributed by atoms with Crippen molar-refractivity contribution in [1.29, 1.82) is 0 Å². The quantitative estimate of drug-likeness (QED) is 0.722. The van der Waals surface area contributed by atoms with Gasteiger partial charge in [0.05, 0.1) is 18.4 Å². The van der Waals surface area contributed by atoms with E-state index >= 15 is 0 Å². The molecule has 0 saturated carbocycles. The number of hydrazone groups is 1. The fourth-order valence-corrected chi connectivity index (χ4v) is 4.45. The van der Waals surface area contributed by atoms with E-state index in [0.29, 0.717) is 6.61 Å². The molecule has 0 spiro atoms. The van der Waals surface area contributed by atoms with Crippen molar-refractivity contribution >= 4 is 16.9 Å². The molecule has 0 amide bonds. The van der Waals surface area contributed by atoms with Crippen LogP contribution in [0.2, 0.25) is 0 Å². The Morgan fingerprint density at radius 3 is 2.90 bits per heavy atom. The molecule has 1 aromatic heterocycles. The van der Waals surface area contributed by atoms with E-state index in [9.17, 15) is 4.39 Å². The summed E-state index contributed by atoms with van der Waals surface area (Å²) in [6.07, 6.45) is 2.43. The van der Waals surface area contributed by atoms with Crippen LogP contribution in [0.3, 0.4) is 0 Å². The van der Waals surface area contributed by atoms with Crippen molar-refractivity contribution in [2.24, 2.45) is 5.10 Å². The lowest BCUT2D eigenvalue weighted by molar-refractivity contribution is -0.0297. The lowest BCUT2D eigenvalue weighted by Crippen LogP contribution is -2.39. The Balaban J connectivity index is 1.21. The van der Waals surface area contributed by atoms with Crippen molar-refractivity contribution in [2.75, 3.05) is 39.0 Å². The molecule has 29 heavy (non-hydrogen) atoms. The first kappa shape index (κ1) is 20.2. The molecule has 2 unspecified atom stereocenters. The summed E-state index contributed by atoms with van der Waals surface area (Å²) in [4.78, 5) is 8.65. The third-order valence-electron chi connectivity index (χ3n) is 5.24. The number of thioether (sulfide) groups is 1. The van der Waals surface area contributed by atoms with Crippen molar-refractivity contribution in [3.63, 3.8) is 0 Å². The molecule has 2 atom stereocenters. The van der Waals surface area contributed by atoms with Crippen molar-refractivity contribution < 1.29 is 13.5 Å². The van der Waals surface area contributed by atoms with Crippen LogP contribution in [0, 0.1) is 12.7 Å². The minimum atomic E-state index is -0.214. The Morgan fingerprint density at radius 1 is 1.31 bits per heavy atom. The molecule has 0 aliphatic carbocycles. The van der Waals surface area contributed by atoms with Gasteiger partial charge in [0.25, 0.3) is 0 Å². The summed E-state index contributed by atoms with van der Waals surface area (Å²) in [6, 6.07) is 6.61. The van der Waals surface area contributed by atoms with E-state index in [0.717, 1.165) is 54.0 Å². The average Bonchev–Trinajstić information content (AvgIpc) is 3.31. The van der Waals surface area contributed by atoms with Crippen LogP contribution in [0.4, 0.5) is 4.39 Å². The summed E-state index contributed by atoms with van der Waals surface area (Å²) < 4.78 is 24.5. The SMILES string of the molecule is Cc1ncoc1C1NN=C(SCCCN2CCOC(c3ccc(F)cc3)C2)N1C. The number of morpholine rings is 1. The van der Waals surface area contributed by atoms with Gasteiger partial charge in [-0.25, -0.2) is 9.37 Å². The van der Waals surface area contributed by atoms with Crippen molar-refractivity contribution in [3.05, 3.63) is 53.5 Å². The molecular formula is C20H26FN5O2S. The van der Waals surface area contributed by atoms with Gasteiger partial charge in [-0.15, -0.1) is 0 Å². The molecule has 1 aromatic carbocycles. The van der Waals surface area contributed by atoms with Crippen LogP contribution in [0.15, 0.2) is 40.2 Å². The van der Waals surface area contributed by atoms with Gasteiger partial charge in [-0.05, 0) is 37.6 Å². The van der Waals surface area contributed by atoms with Crippen LogP contribution < -0.4 is 5.43 Å². The van der Waals surface area contributed by atoms with Crippen molar-refractivity contribution in [1.82, 2.24) is 20.2 Å². The van der Waals surface area contributed by atoms with E-state index in [1.807, 2.05) is 26.1 Å². The predicted octanol–water partition coefficient (Wildman–Crippen LogP) is 3.12. The first-order valence-corrected chi connectivity index (χ1v) is 10.8. The van der Waals surface area contributed by atoms with E-state index < -0.39 is 0 Å². The van der Waals surface area contributed by atoms with E-state index in [2.05, 4.69) is 25.3 Å². The van der Waals surface area contributed by atoms with Gasteiger partial charge in [0.2, 0.25) is 0 Å². The van der Waals surface area contributed by atoms with Crippen LogP contribution in [-0.4, -0.2) is 59.0 Å². The maximum atomic E-state index is 13.1. The van der Waals surface area contributed by atoms with Crippen LogP contribution in [0.25, 0.3) is 0 Å². The van der Waals surface area contributed by atoms with Crippen LogP contribution in [0.5, 0.6) is 0 Å². The minimum Gasteiger partial charge on any atom is -0.444 e. The Hall–Kier alpha value is -2.10. The first-order valence-electron chi connectivity index (χ1n) is 9.80. The molecule has 7 nitrogen and oxygen atoms in total. The minimum absolute atomic E-state index is 0.0115. The monoisotopic (exact) mass is 419 g/mol. The second-order valence-corrected chi connectivity index (χ2v) is 8.31. The van der Waals surface area contributed by atoms with Crippen molar-refractivity contribution in [3.8, 4) is 0 Å². The van der Waals surface area contributed by atoms with Gasteiger partial charge < -0.3 is 14.1 Å². The number of ether oxygens (including phenoxy) is 1. The van der Waals surface area contributed by atoms with Gasteiger partial charge in [0.15, 0.2) is 23.5 Å². The molecule has 2 aliphatic heterocycles. The zero-order valence-electron chi connectivity index (χ0n) is 16.7. The Kier molecular flexibility index (Phi) is 6.37. The maximum absolute atomic E-state index is 13.1. The van der Waals surface area contributed by atoms with Crippen LogP contribution >= 0.6 is 11.8 Å². The van der Waals surface area contributed by atoms with Crippen LogP contribution in [0.1, 0.15) is 35.7 Å². The number of rotatable bonds is 6. The smallest absolute Gasteiger partial charge is 0.184 e. The van der Waals surface area contributed by atoms with Gasteiger partial charge >= 0.3 is 0 Å². The molecule has 2 aliphatic rings. The number of halogens is 1. The molecule has 9 heteroatoms. The van der Waals surface area contributed by atoms with E-state index in [4.69, 9.17) is 9.15 Å². The van der Waals surface area contributed by atoms with E-state index in [1.165, 1.54) is 18.5 Å². The second kappa shape index (κ2) is 9.15. The standard InChI is InChI=1S/C20H26FN5O2S/c1-14-18(28-13-22-14)19-23-24-20(25(19)2)29-11-3-8-26-9-10-27-17(12-26)15-4-6-16(21)7-5-15/h4-7,13,17,19,23H,3,8-12H2,1-2H3. The molecule has 0 radical (unpaired) electrons. The molecule has 156 valence electrons. The third-order valence-corrected chi connectivity index (χ3v) is 6.37. The van der Waals surface area contributed by atoms with E-state index in [1.54, 1.807) is 11.8 Å². The number of nitrogens with zero attached hydrogens (tertiary/aromatic N) is 4. The Bertz CT molecular complexity index is 844. The number of aromatic nitrogens is 1. The lowest BCUT2D eigenvalue weighted by Gasteiger charge is -2.33. The van der Waals surface area contributed by atoms with Crippen LogP contribution in [-0.2, 0) is 4.74 Å². The lowest BCUT2D eigenvalue weighted by atomic mass is 10.1. The third kappa shape index (κ3) is 4.73. The number of hydrogen-bond acceptors (Lipinski definition) is 8. The fraction of sp³-hybridized carbons (Fsp3) is 0.500. The Morgan fingerprint density at radius 2 is 2.14 bits per heavy atom. The van der Waals surface area contributed by atoms with Gasteiger partial charge in [0, 0.05) is 25.9 Å².